The van der Waals surface area contributed by atoms with Gasteiger partial charge in [-0.25, -0.2) is 13.2 Å². The second-order valence-electron chi connectivity index (χ2n) is 3.58. The van der Waals surface area contributed by atoms with E-state index in [1.807, 2.05) is 18.2 Å². The molecule has 0 spiro atoms. The highest BCUT2D eigenvalue weighted by Crippen LogP contribution is 2.22. The summed E-state index contributed by atoms with van der Waals surface area (Å²) in [5.41, 5.74) is 0.822. The molecule has 0 aliphatic carbocycles. The predicted molar refractivity (Wildman–Crippen MR) is 64.8 cm³/mol. The number of halogens is 4. The van der Waals surface area contributed by atoms with Gasteiger partial charge in [-0.15, -0.1) is 0 Å². The molecule has 0 unspecified atom stereocenters. The minimum atomic E-state index is -1.50. The Bertz CT molecular complexity index is 549. The van der Waals surface area contributed by atoms with Crippen molar-refractivity contribution in [1.29, 1.82) is 0 Å². The quantitative estimate of drug-likeness (QED) is 0.760. The Kier molecular flexibility index (Phi) is 3.91. The van der Waals surface area contributed by atoms with E-state index in [-0.39, 0.29) is 12.4 Å². The van der Waals surface area contributed by atoms with Crippen LogP contribution in [0.4, 0.5) is 13.2 Å². The number of benzene rings is 2. The average Bonchev–Trinajstić information content (AvgIpc) is 2.35. The van der Waals surface area contributed by atoms with Crippen LogP contribution >= 0.6 is 15.9 Å². The van der Waals surface area contributed by atoms with Crippen molar-refractivity contribution in [2.75, 3.05) is 0 Å². The molecule has 0 bridgehead atoms. The lowest BCUT2D eigenvalue weighted by atomic mass is 10.2. The molecule has 0 N–H and O–H groups in total. The standard InChI is InChI=1S/C13H8BrF3O/c14-10-4-2-1-3-8(10)7-18-9-5-11(15)13(17)12(16)6-9/h1-6H,7H2. The van der Waals surface area contributed by atoms with Crippen LogP contribution in [0.25, 0.3) is 0 Å². The second kappa shape index (κ2) is 5.44. The molecule has 5 heteroatoms. The van der Waals surface area contributed by atoms with E-state index in [0.29, 0.717) is 0 Å². The molecule has 0 radical (unpaired) electrons. The molecular formula is C13H8BrF3O. The molecular weight excluding hydrogens is 309 g/mol. The van der Waals surface area contributed by atoms with Gasteiger partial charge in [0.25, 0.3) is 0 Å². The third kappa shape index (κ3) is 2.85. The van der Waals surface area contributed by atoms with E-state index in [1.54, 1.807) is 6.07 Å². The molecule has 1 nitrogen and oxygen atoms in total. The van der Waals surface area contributed by atoms with E-state index in [2.05, 4.69) is 15.9 Å². The maximum absolute atomic E-state index is 12.9. The van der Waals surface area contributed by atoms with Crippen molar-refractivity contribution >= 4 is 15.9 Å². The van der Waals surface area contributed by atoms with Gasteiger partial charge in [-0.2, -0.15) is 0 Å². The Morgan fingerprint density at radius 2 is 1.61 bits per heavy atom. The topological polar surface area (TPSA) is 9.23 Å². The van der Waals surface area contributed by atoms with Crippen LogP contribution in [0.3, 0.4) is 0 Å². The summed E-state index contributed by atoms with van der Waals surface area (Å²) in [6.45, 7) is 0.131. The maximum Gasteiger partial charge on any atom is 0.194 e. The molecule has 2 aromatic rings. The summed E-state index contributed by atoms with van der Waals surface area (Å²) in [4.78, 5) is 0. The fraction of sp³-hybridized carbons (Fsp3) is 0.0769. The van der Waals surface area contributed by atoms with E-state index in [4.69, 9.17) is 4.74 Å². The Balaban J connectivity index is 2.14. The number of ether oxygens (including phenoxy) is 1. The normalized spacial score (nSPS) is 10.4. The lowest BCUT2D eigenvalue weighted by molar-refractivity contribution is 0.299. The Morgan fingerprint density at radius 3 is 2.22 bits per heavy atom. The fourth-order valence-electron chi connectivity index (χ4n) is 1.39. The Labute approximate surface area is 110 Å². The first-order valence-corrected chi connectivity index (χ1v) is 5.88. The molecule has 0 aromatic heterocycles. The van der Waals surface area contributed by atoms with Crippen LogP contribution in [0.15, 0.2) is 40.9 Å². The molecule has 0 atom stereocenters. The molecule has 0 saturated carbocycles. The van der Waals surface area contributed by atoms with Gasteiger partial charge in [0, 0.05) is 22.2 Å². The minimum Gasteiger partial charge on any atom is -0.489 e. The van der Waals surface area contributed by atoms with Crippen LogP contribution in [0.2, 0.25) is 0 Å². The van der Waals surface area contributed by atoms with Crippen LogP contribution < -0.4 is 4.74 Å². The van der Waals surface area contributed by atoms with E-state index in [1.165, 1.54) is 0 Å². The van der Waals surface area contributed by atoms with Crippen molar-refractivity contribution < 1.29 is 17.9 Å². The van der Waals surface area contributed by atoms with Gasteiger partial charge in [0.1, 0.15) is 12.4 Å². The average molecular weight is 317 g/mol. The molecule has 0 heterocycles. The summed E-state index contributed by atoms with van der Waals surface area (Å²) in [5, 5.41) is 0. The molecule has 94 valence electrons. The molecule has 0 aliphatic rings. The highest BCUT2D eigenvalue weighted by molar-refractivity contribution is 9.10. The van der Waals surface area contributed by atoms with E-state index in [9.17, 15) is 13.2 Å². The summed E-state index contributed by atoms with van der Waals surface area (Å²) in [5.74, 6) is -4.08. The third-order valence-electron chi connectivity index (χ3n) is 2.31. The summed E-state index contributed by atoms with van der Waals surface area (Å²) in [7, 11) is 0. The lowest BCUT2D eigenvalue weighted by Crippen LogP contribution is -1.99. The van der Waals surface area contributed by atoms with Gasteiger partial charge in [0.05, 0.1) is 0 Å². The monoisotopic (exact) mass is 316 g/mol. The third-order valence-corrected chi connectivity index (χ3v) is 3.08. The number of rotatable bonds is 3. The molecule has 18 heavy (non-hydrogen) atoms. The fourth-order valence-corrected chi connectivity index (χ4v) is 1.79. The lowest BCUT2D eigenvalue weighted by Gasteiger charge is -2.08. The van der Waals surface area contributed by atoms with Crippen molar-refractivity contribution in [1.82, 2.24) is 0 Å². The summed E-state index contributed by atoms with van der Waals surface area (Å²) in [6, 6.07) is 8.91. The second-order valence-corrected chi connectivity index (χ2v) is 4.44. The first-order chi connectivity index (χ1) is 8.58. The molecule has 0 fully saturated rings. The van der Waals surface area contributed by atoms with Gasteiger partial charge in [0.2, 0.25) is 0 Å². The van der Waals surface area contributed by atoms with Crippen molar-refractivity contribution in [3.8, 4) is 5.75 Å². The highest BCUT2D eigenvalue weighted by atomic mass is 79.9. The van der Waals surface area contributed by atoms with Crippen molar-refractivity contribution in [2.45, 2.75) is 6.61 Å². The zero-order valence-corrected chi connectivity index (χ0v) is 10.7. The largest absolute Gasteiger partial charge is 0.489 e. The Morgan fingerprint density at radius 1 is 1.00 bits per heavy atom. The minimum absolute atomic E-state index is 0.0536. The highest BCUT2D eigenvalue weighted by Gasteiger charge is 2.11. The van der Waals surface area contributed by atoms with Crippen molar-refractivity contribution in [3.63, 3.8) is 0 Å². The van der Waals surface area contributed by atoms with E-state index < -0.39 is 17.5 Å². The first kappa shape index (κ1) is 13.0. The maximum atomic E-state index is 12.9. The Hall–Kier alpha value is -1.49. The van der Waals surface area contributed by atoms with Gasteiger partial charge in [0.15, 0.2) is 17.5 Å². The van der Waals surface area contributed by atoms with Gasteiger partial charge in [-0.3, -0.25) is 0 Å². The van der Waals surface area contributed by atoms with Crippen LogP contribution in [0, 0.1) is 17.5 Å². The first-order valence-electron chi connectivity index (χ1n) is 5.08. The summed E-state index contributed by atoms with van der Waals surface area (Å²) >= 11 is 3.32. The van der Waals surface area contributed by atoms with E-state index in [0.717, 1.165) is 22.2 Å². The van der Waals surface area contributed by atoms with Crippen molar-refractivity contribution in [3.05, 3.63) is 63.9 Å². The van der Waals surface area contributed by atoms with Gasteiger partial charge < -0.3 is 4.74 Å². The van der Waals surface area contributed by atoms with Crippen LogP contribution in [-0.2, 0) is 6.61 Å². The van der Waals surface area contributed by atoms with Crippen LogP contribution in [0.1, 0.15) is 5.56 Å². The summed E-state index contributed by atoms with van der Waals surface area (Å²) in [6.07, 6.45) is 0. The van der Waals surface area contributed by atoms with Gasteiger partial charge in [-0.1, -0.05) is 34.1 Å². The number of hydrogen-bond donors (Lipinski definition) is 0. The van der Waals surface area contributed by atoms with Crippen LogP contribution in [0.5, 0.6) is 5.75 Å². The molecule has 2 aromatic carbocycles. The smallest absolute Gasteiger partial charge is 0.194 e. The van der Waals surface area contributed by atoms with E-state index >= 15 is 0 Å². The van der Waals surface area contributed by atoms with Crippen molar-refractivity contribution in [2.24, 2.45) is 0 Å². The molecule has 0 saturated heterocycles. The molecule has 0 aliphatic heterocycles. The van der Waals surface area contributed by atoms with Crippen LogP contribution in [-0.4, -0.2) is 0 Å². The SMILES string of the molecule is Fc1cc(OCc2ccccc2Br)cc(F)c1F. The zero-order valence-electron chi connectivity index (χ0n) is 9.09. The van der Waals surface area contributed by atoms with Gasteiger partial charge in [-0.05, 0) is 6.07 Å². The predicted octanol–water partition coefficient (Wildman–Crippen LogP) is 4.45. The summed E-state index contributed by atoms with van der Waals surface area (Å²) < 4.78 is 44.6. The number of hydrogen-bond acceptors (Lipinski definition) is 1. The van der Waals surface area contributed by atoms with Gasteiger partial charge >= 0.3 is 0 Å². The molecule has 0 amide bonds. The molecule has 2 rings (SSSR count). The zero-order chi connectivity index (χ0) is 13.1.